The number of carbonyl (C=O) groups excluding carboxylic acids is 1. The molecule has 0 radical (unpaired) electrons. The number of fused-ring (bicyclic) bond motifs is 1. The first-order chi connectivity index (χ1) is 12.2. The Kier molecular flexibility index (Phi) is 4.55. The number of benzene rings is 1. The van der Waals surface area contributed by atoms with E-state index in [1.165, 1.54) is 32.1 Å². The summed E-state index contributed by atoms with van der Waals surface area (Å²) >= 11 is 0. The Hall–Kier alpha value is -2.17. The summed E-state index contributed by atoms with van der Waals surface area (Å²) in [7, 11) is 0. The second-order valence-electron chi connectivity index (χ2n) is 7.47. The van der Waals surface area contributed by atoms with E-state index in [4.69, 9.17) is 0 Å². The van der Waals surface area contributed by atoms with Gasteiger partial charge in [-0.3, -0.25) is 9.59 Å². The highest BCUT2D eigenvalue weighted by molar-refractivity contribution is 5.94. The molecule has 1 N–H and O–H groups in total. The molecule has 1 atom stereocenters. The van der Waals surface area contributed by atoms with Gasteiger partial charge in [0.15, 0.2) is 5.69 Å². The molecule has 5 nitrogen and oxygen atoms in total. The Balaban J connectivity index is 1.56. The van der Waals surface area contributed by atoms with Crippen molar-refractivity contribution in [2.75, 3.05) is 6.54 Å². The highest BCUT2D eigenvalue weighted by Gasteiger charge is 2.33. The van der Waals surface area contributed by atoms with Crippen molar-refractivity contribution in [3.63, 3.8) is 0 Å². The molecule has 1 amide bonds. The van der Waals surface area contributed by atoms with Gasteiger partial charge in [0, 0.05) is 12.6 Å². The van der Waals surface area contributed by atoms with E-state index < -0.39 is 0 Å². The first-order valence-corrected chi connectivity index (χ1v) is 9.52. The second kappa shape index (κ2) is 6.98. The predicted molar refractivity (Wildman–Crippen MR) is 97.6 cm³/mol. The smallest absolute Gasteiger partial charge is 0.280 e. The Bertz CT molecular complexity index is 823. The zero-order valence-corrected chi connectivity index (χ0v) is 14.5. The van der Waals surface area contributed by atoms with Crippen molar-refractivity contribution in [1.29, 1.82) is 0 Å². The molecule has 1 aliphatic heterocycles. The number of hydrogen-bond acceptors (Lipinski definition) is 3. The van der Waals surface area contributed by atoms with E-state index in [9.17, 15) is 9.59 Å². The van der Waals surface area contributed by atoms with Gasteiger partial charge in [0.1, 0.15) is 0 Å². The van der Waals surface area contributed by atoms with Gasteiger partial charge in [-0.1, -0.05) is 44.2 Å². The monoisotopic (exact) mass is 339 g/mol. The third-order valence-corrected chi connectivity index (χ3v) is 5.77. The molecule has 2 aromatic rings. The summed E-state index contributed by atoms with van der Waals surface area (Å²) in [6.45, 7) is 0.740. The number of nitrogens with one attached hydrogen (secondary N) is 1. The quantitative estimate of drug-likeness (QED) is 0.931. The highest BCUT2D eigenvalue weighted by Crippen LogP contribution is 2.32. The third-order valence-electron chi connectivity index (χ3n) is 5.77. The van der Waals surface area contributed by atoms with E-state index >= 15 is 0 Å². The van der Waals surface area contributed by atoms with E-state index in [1.807, 2.05) is 23.1 Å². The van der Waals surface area contributed by atoms with Crippen molar-refractivity contribution >= 4 is 16.9 Å². The van der Waals surface area contributed by atoms with Gasteiger partial charge < -0.3 is 9.88 Å². The van der Waals surface area contributed by atoms with Crippen LogP contribution < -0.4 is 5.56 Å². The maximum absolute atomic E-state index is 13.0. The van der Waals surface area contributed by atoms with Crippen molar-refractivity contribution in [2.24, 2.45) is 5.92 Å². The largest absolute Gasteiger partial charge is 0.334 e. The van der Waals surface area contributed by atoms with E-state index in [0.717, 1.165) is 31.7 Å². The van der Waals surface area contributed by atoms with Crippen LogP contribution in [0, 0.1) is 5.92 Å². The fraction of sp³-hybridized carbons (Fsp3) is 0.550. The summed E-state index contributed by atoms with van der Waals surface area (Å²) in [5.74, 6) is 0.528. The maximum atomic E-state index is 13.0. The van der Waals surface area contributed by atoms with E-state index in [0.29, 0.717) is 11.0 Å². The normalized spacial score (nSPS) is 21.8. The van der Waals surface area contributed by atoms with Crippen LogP contribution in [0.25, 0.3) is 11.0 Å². The lowest BCUT2D eigenvalue weighted by atomic mass is 9.84. The predicted octanol–water partition coefficient (Wildman–Crippen LogP) is 3.50. The molecule has 1 unspecified atom stereocenters. The van der Waals surface area contributed by atoms with Crippen LogP contribution in [0.5, 0.6) is 0 Å². The maximum Gasteiger partial charge on any atom is 0.280 e. The fourth-order valence-electron chi connectivity index (χ4n) is 4.47. The van der Waals surface area contributed by atoms with Gasteiger partial charge in [-0.2, -0.15) is 0 Å². The molecule has 5 heteroatoms. The van der Waals surface area contributed by atoms with Gasteiger partial charge in [-0.25, -0.2) is 4.98 Å². The van der Waals surface area contributed by atoms with Crippen LogP contribution in [0.3, 0.4) is 0 Å². The van der Waals surface area contributed by atoms with Crippen molar-refractivity contribution in [3.8, 4) is 0 Å². The summed E-state index contributed by atoms with van der Waals surface area (Å²) < 4.78 is 0. The molecular weight excluding hydrogens is 314 g/mol. The number of likely N-dealkylation sites (tertiary alicyclic amines) is 1. The number of carbonyl (C=O) groups is 1. The molecule has 1 saturated heterocycles. The van der Waals surface area contributed by atoms with Crippen LogP contribution in [0.4, 0.5) is 0 Å². The molecule has 132 valence electrons. The first-order valence-electron chi connectivity index (χ1n) is 9.52. The lowest BCUT2D eigenvalue weighted by molar-refractivity contribution is 0.0704. The Morgan fingerprint density at radius 3 is 2.76 bits per heavy atom. The van der Waals surface area contributed by atoms with E-state index in [1.54, 1.807) is 6.07 Å². The molecule has 25 heavy (non-hydrogen) atoms. The zero-order chi connectivity index (χ0) is 17.2. The number of amides is 1. The minimum atomic E-state index is -0.382. The number of para-hydroxylation sites is 2. The Labute approximate surface area is 147 Å². The molecule has 0 spiro atoms. The van der Waals surface area contributed by atoms with Gasteiger partial charge in [0.25, 0.3) is 11.5 Å². The molecule has 2 fully saturated rings. The summed E-state index contributed by atoms with van der Waals surface area (Å²) in [6.07, 6.45) is 9.70. The molecule has 1 aromatic carbocycles. The fourth-order valence-corrected chi connectivity index (χ4v) is 4.47. The number of nitrogens with zero attached hydrogens (tertiary/aromatic N) is 2. The lowest BCUT2D eigenvalue weighted by Gasteiger charge is -2.29. The number of aromatic amines is 1. The van der Waals surface area contributed by atoms with Gasteiger partial charge in [-0.05, 0) is 37.3 Å². The minimum absolute atomic E-state index is 0.0363. The average Bonchev–Trinajstić information content (AvgIpc) is 3.09. The lowest BCUT2D eigenvalue weighted by Crippen LogP contribution is -2.40. The average molecular weight is 339 g/mol. The zero-order valence-electron chi connectivity index (χ0n) is 14.5. The summed E-state index contributed by atoms with van der Waals surface area (Å²) in [4.78, 5) is 34.4. The van der Waals surface area contributed by atoms with E-state index in [2.05, 4.69) is 9.97 Å². The molecule has 1 aliphatic carbocycles. The molecule has 1 aromatic heterocycles. The standard InChI is InChI=1S/C20H25N3O2/c24-19-18(21-16-10-4-5-11-17(16)22-19)20(25)23-12-6-9-15(23)13-14-7-2-1-3-8-14/h4-5,10-11,14-15H,1-3,6-9,12-13H2,(H,22,24). The number of H-pyrrole nitrogens is 1. The number of hydrogen-bond donors (Lipinski definition) is 1. The Morgan fingerprint density at radius 2 is 1.92 bits per heavy atom. The highest BCUT2D eigenvalue weighted by atomic mass is 16.2. The van der Waals surface area contributed by atoms with Crippen LogP contribution >= 0.6 is 0 Å². The molecule has 1 saturated carbocycles. The summed E-state index contributed by atoms with van der Waals surface area (Å²) in [5, 5.41) is 0. The van der Waals surface area contributed by atoms with Crippen molar-refractivity contribution in [3.05, 3.63) is 40.3 Å². The van der Waals surface area contributed by atoms with Crippen molar-refractivity contribution in [2.45, 2.75) is 57.4 Å². The van der Waals surface area contributed by atoms with Crippen LogP contribution in [-0.4, -0.2) is 33.4 Å². The van der Waals surface area contributed by atoms with Crippen LogP contribution in [0.15, 0.2) is 29.1 Å². The Morgan fingerprint density at radius 1 is 1.12 bits per heavy atom. The third kappa shape index (κ3) is 3.32. The van der Waals surface area contributed by atoms with Crippen LogP contribution in [0.1, 0.15) is 61.9 Å². The minimum Gasteiger partial charge on any atom is -0.334 e. The first kappa shape index (κ1) is 16.3. The molecular formula is C20H25N3O2. The van der Waals surface area contributed by atoms with Crippen LogP contribution in [0.2, 0.25) is 0 Å². The SMILES string of the molecule is O=C(c1nc2ccccc2[nH]c1=O)N1CCCC1CC1CCCCC1. The van der Waals surface area contributed by atoms with Gasteiger partial charge in [-0.15, -0.1) is 0 Å². The molecule has 0 bridgehead atoms. The van der Waals surface area contributed by atoms with Gasteiger partial charge in [0.2, 0.25) is 0 Å². The molecule has 2 heterocycles. The van der Waals surface area contributed by atoms with Gasteiger partial charge >= 0.3 is 0 Å². The second-order valence-corrected chi connectivity index (χ2v) is 7.47. The van der Waals surface area contributed by atoms with E-state index in [-0.39, 0.29) is 23.2 Å². The summed E-state index contributed by atoms with van der Waals surface area (Å²) in [5.41, 5.74) is 0.985. The van der Waals surface area contributed by atoms with Crippen LogP contribution in [-0.2, 0) is 0 Å². The number of rotatable bonds is 3. The molecule has 4 rings (SSSR count). The van der Waals surface area contributed by atoms with Gasteiger partial charge in [0.05, 0.1) is 11.0 Å². The topological polar surface area (TPSA) is 66.1 Å². The number of aromatic nitrogens is 2. The summed E-state index contributed by atoms with van der Waals surface area (Å²) in [6, 6.07) is 7.61. The van der Waals surface area contributed by atoms with Crippen molar-refractivity contribution in [1.82, 2.24) is 14.9 Å². The molecule has 2 aliphatic rings. The van der Waals surface area contributed by atoms with Crippen molar-refractivity contribution < 1.29 is 4.79 Å².